The second-order valence-corrected chi connectivity index (χ2v) is 6.15. The summed E-state index contributed by atoms with van der Waals surface area (Å²) in [5.74, 6) is -0.0457. The molecule has 0 radical (unpaired) electrons. The van der Waals surface area contributed by atoms with Gasteiger partial charge in [-0.05, 0) is 35.7 Å². The minimum atomic E-state index is -0.0457. The summed E-state index contributed by atoms with van der Waals surface area (Å²) in [4.78, 5) is 14.4. The Bertz CT molecular complexity index is 625. The number of amides is 1. The lowest BCUT2D eigenvalue weighted by Gasteiger charge is -2.18. The highest BCUT2D eigenvalue weighted by molar-refractivity contribution is 14.1. The van der Waals surface area contributed by atoms with E-state index in [-0.39, 0.29) is 12.5 Å². The Kier molecular flexibility index (Phi) is 6.97. The van der Waals surface area contributed by atoms with Crippen LogP contribution in [0.1, 0.15) is 13.8 Å². The lowest BCUT2D eigenvalue weighted by molar-refractivity contribution is -0.121. The summed E-state index contributed by atoms with van der Waals surface area (Å²) >= 11 is 2.15. The largest absolute Gasteiger partial charge is 0.353 e. The molecule has 23 heavy (non-hydrogen) atoms. The molecule has 2 aromatic rings. The minimum absolute atomic E-state index is 0.0457. The van der Waals surface area contributed by atoms with Crippen molar-refractivity contribution in [3.05, 3.63) is 34.0 Å². The highest BCUT2D eigenvalue weighted by Gasteiger charge is 2.15. The van der Waals surface area contributed by atoms with Gasteiger partial charge in [-0.25, -0.2) is 4.68 Å². The first-order valence-electron chi connectivity index (χ1n) is 7.79. The predicted octanol–water partition coefficient (Wildman–Crippen LogP) is 2.01. The maximum absolute atomic E-state index is 12.1. The lowest BCUT2D eigenvalue weighted by atomic mass is 10.2. The van der Waals surface area contributed by atoms with Gasteiger partial charge in [0.05, 0.1) is 0 Å². The fourth-order valence-electron chi connectivity index (χ4n) is 2.35. The Morgan fingerprint density at radius 1 is 1.26 bits per heavy atom. The maximum Gasteiger partial charge on any atom is 0.241 e. The summed E-state index contributed by atoms with van der Waals surface area (Å²) in [7, 11) is 0. The molecule has 1 aromatic heterocycles. The van der Waals surface area contributed by atoms with Crippen molar-refractivity contribution in [1.29, 1.82) is 0 Å². The van der Waals surface area contributed by atoms with Gasteiger partial charge in [0.25, 0.3) is 0 Å². The van der Waals surface area contributed by atoms with E-state index in [0.29, 0.717) is 6.54 Å². The smallest absolute Gasteiger partial charge is 0.241 e. The van der Waals surface area contributed by atoms with Crippen molar-refractivity contribution in [2.45, 2.75) is 20.4 Å². The first-order chi connectivity index (χ1) is 11.2. The second-order valence-electron chi connectivity index (χ2n) is 5.13. The van der Waals surface area contributed by atoms with Crippen LogP contribution < -0.4 is 5.32 Å². The Hall–Kier alpha value is -1.48. The average Bonchev–Trinajstić information content (AvgIpc) is 2.93. The fraction of sp³-hybridized carbons (Fsp3) is 0.438. The Morgan fingerprint density at radius 2 is 1.96 bits per heavy atom. The molecule has 1 heterocycles. The van der Waals surface area contributed by atoms with Crippen molar-refractivity contribution in [3.8, 4) is 11.3 Å². The van der Waals surface area contributed by atoms with E-state index >= 15 is 0 Å². The number of rotatable bonds is 8. The number of nitrogens with zero attached hydrogens (tertiary/aromatic N) is 4. The van der Waals surface area contributed by atoms with Gasteiger partial charge in [-0.1, -0.05) is 49.4 Å². The van der Waals surface area contributed by atoms with Crippen LogP contribution in [0.15, 0.2) is 30.3 Å². The van der Waals surface area contributed by atoms with Crippen LogP contribution in [0.3, 0.4) is 0 Å². The normalized spacial score (nSPS) is 11.0. The number of halogens is 1. The van der Waals surface area contributed by atoms with Crippen molar-refractivity contribution >= 4 is 28.5 Å². The summed E-state index contributed by atoms with van der Waals surface area (Å²) in [6, 6.07) is 9.88. The van der Waals surface area contributed by atoms with E-state index in [0.717, 1.165) is 34.6 Å². The number of hydrogen-bond acceptors (Lipinski definition) is 4. The Balaban J connectivity index is 1.97. The number of aromatic nitrogens is 3. The van der Waals surface area contributed by atoms with Crippen molar-refractivity contribution in [2.75, 3.05) is 26.2 Å². The first-order valence-corrected chi connectivity index (χ1v) is 8.87. The van der Waals surface area contributed by atoms with Crippen LogP contribution in [0.4, 0.5) is 0 Å². The average molecular weight is 427 g/mol. The first kappa shape index (κ1) is 17.9. The van der Waals surface area contributed by atoms with E-state index in [1.807, 2.05) is 30.3 Å². The molecule has 0 fully saturated rings. The molecule has 0 unspecified atom stereocenters. The monoisotopic (exact) mass is 427 g/mol. The SMILES string of the molecule is CCN(CC)CCNC(=O)Cn1nnc(I)c1-c1ccccc1. The number of carbonyl (C=O) groups is 1. The van der Waals surface area contributed by atoms with E-state index in [4.69, 9.17) is 0 Å². The Morgan fingerprint density at radius 3 is 2.61 bits per heavy atom. The van der Waals surface area contributed by atoms with E-state index in [1.165, 1.54) is 0 Å². The molecular weight excluding hydrogens is 405 g/mol. The van der Waals surface area contributed by atoms with Gasteiger partial charge in [0, 0.05) is 18.7 Å². The molecule has 0 bridgehead atoms. The van der Waals surface area contributed by atoms with Gasteiger partial charge in [-0.15, -0.1) is 5.10 Å². The van der Waals surface area contributed by atoms with E-state index in [9.17, 15) is 4.79 Å². The van der Waals surface area contributed by atoms with Crippen LogP contribution in [0.2, 0.25) is 0 Å². The van der Waals surface area contributed by atoms with Gasteiger partial charge in [0.15, 0.2) is 3.70 Å². The van der Waals surface area contributed by atoms with Crippen LogP contribution in [0.25, 0.3) is 11.3 Å². The maximum atomic E-state index is 12.1. The zero-order valence-electron chi connectivity index (χ0n) is 13.5. The molecule has 0 atom stereocenters. The van der Waals surface area contributed by atoms with Crippen LogP contribution in [-0.2, 0) is 11.3 Å². The number of benzene rings is 1. The quantitative estimate of drug-likeness (QED) is 0.655. The van der Waals surface area contributed by atoms with Gasteiger partial charge in [0.2, 0.25) is 5.91 Å². The van der Waals surface area contributed by atoms with E-state index < -0.39 is 0 Å². The van der Waals surface area contributed by atoms with E-state index in [2.05, 4.69) is 57.0 Å². The van der Waals surface area contributed by atoms with Gasteiger partial charge in [-0.3, -0.25) is 4.79 Å². The number of likely N-dealkylation sites (N-methyl/N-ethyl adjacent to an activating group) is 1. The van der Waals surface area contributed by atoms with Gasteiger partial charge in [-0.2, -0.15) is 0 Å². The van der Waals surface area contributed by atoms with Crippen molar-refractivity contribution < 1.29 is 4.79 Å². The zero-order chi connectivity index (χ0) is 16.7. The summed E-state index contributed by atoms with van der Waals surface area (Å²) < 4.78 is 2.45. The van der Waals surface area contributed by atoms with Gasteiger partial charge >= 0.3 is 0 Å². The van der Waals surface area contributed by atoms with Crippen LogP contribution in [0.5, 0.6) is 0 Å². The van der Waals surface area contributed by atoms with Gasteiger partial charge in [0.1, 0.15) is 12.2 Å². The second kappa shape index (κ2) is 8.97. The van der Waals surface area contributed by atoms with Crippen LogP contribution in [0, 0.1) is 3.70 Å². The van der Waals surface area contributed by atoms with Crippen molar-refractivity contribution in [1.82, 2.24) is 25.2 Å². The summed E-state index contributed by atoms with van der Waals surface area (Å²) in [6.45, 7) is 7.91. The van der Waals surface area contributed by atoms with E-state index in [1.54, 1.807) is 4.68 Å². The summed E-state index contributed by atoms with van der Waals surface area (Å²) in [6.07, 6.45) is 0. The molecule has 2 rings (SSSR count). The molecule has 1 N–H and O–H groups in total. The lowest BCUT2D eigenvalue weighted by Crippen LogP contribution is -2.36. The van der Waals surface area contributed by atoms with Crippen molar-refractivity contribution in [2.24, 2.45) is 0 Å². The summed E-state index contributed by atoms with van der Waals surface area (Å²) in [5, 5.41) is 11.1. The molecule has 1 aromatic carbocycles. The molecule has 1 amide bonds. The number of nitrogens with one attached hydrogen (secondary N) is 1. The molecule has 0 aliphatic heterocycles. The summed E-state index contributed by atoms with van der Waals surface area (Å²) in [5.41, 5.74) is 1.89. The molecule has 6 nitrogen and oxygen atoms in total. The standard InChI is InChI=1S/C16H22IN5O/c1-3-21(4-2)11-10-18-14(23)12-22-15(16(17)19-20-22)13-8-6-5-7-9-13/h5-9H,3-4,10-12H2,1-2H3,(H,18,23). The molecule has 0 aliphatic carbocycles. The van der Waals surface area contributed by atoms with Gasteiger partial charge < -0.3 is 10.2 Å². The third-order valence-corrected chi connectivity index (χ3v) is 4.41. The highest BCUT2D eigenvalue weighted by Crippen LogP contribution is 2.22. The molecule has 0 aliphatic rings. The molecule has 7 heteroatoms. The van der Waals surface area contributed by atoms with Crippen LogP contribution >= 0.6 is 22.6 Å². The predicted molar refractivity (Wildman–Crippen MR) is 99.0 cm³/mol. The fourth-order valence-corrected chi connectivity index (χ4v) is 3.04. The molecule has 0 saturated carbocycles. The van der Waals surface area contributed by atoms with Crippen molar-refractivity contribution in [3.63, 3.8) is 0 Å². The van der Waals surface area contributed by atoms with Crippen LogP contribution in [-0.4, -0.2) is 52.0 Å². The minimum Gasteiger partial charge on any atom is -0.353 e. The third kappa shape index (κ3) is 5.00. The zero-order valence-corrected chi connectivity index (χ0v) is 15.7. The Labute approximate surface area is 150 Å². The number of carbonyl (C=O) groups excluding carboxylic acids is 1. The number of hydrogen-bond donors (Lipinski definition) is 1. The molecule has 0 spiro atoms. The molecular formula is C16H22IN5O. The highest BCUT2D eigenvalue weighted by atomic mass is 127. The topological polar surface area (TPSA) is 63.1 Å². The molecule has 124 valence electrons. The molecule has 0 saturated heterocycles. The third-order valence-electron chi connectivity index (χ3n) is 3.68.